The lowest BCUT2D eigenvalue weighted by Gasteiger charge is -2.66. The van der Waals surface area contributed by atoms with Crippen LogP contribution >= 0.6 is 15.9 Å². The van der Waals surface area contributed by atoms with Crippen molar-refractivity contribution in [2.45, 2.75) is 38.9 Å². The van der Waals surface area contributed by atoms with Crippen molar-refractivity contribution in [2.24, 2.45) is 5.41 Å². The Bertz CT molecular complexity index is 613. The number of hydrogen-bond donors (Lipinski definition) is 0. The zero-order valence-electron chi connectivity index (χ0n) is 11.6. The van der Waals surface area contributed by atoms with Crippen molar-refractivity contribution < 1.29 is 9.53 Å². The van der Waals surface area contributed by atoms with Gasteiger partial charge in [0.2, 0.25) is 0 Å². The molecule has 1 unspecified atom stereocenters. The molecule has 3 rings (SSSR count). The summed E-state index contributed by atoms with van der Waals surface area (Å²) in [5.41, 5.74) is 0.896. The van der Waals surface area contributed by atoms with Crippen molar-refractivity contribution in [1.29, 1.82) is 0 Å². The number of Topliss-reactive ketones (excluding diaryl/α,β-unsaturated/α-hetero) is 1. The van der Waals surface area contributed by atoms with E-state index in [1.54, 1.807) is 0 Å². The number of carbonyl (C=O) groups excluding carboxylic acids is 1. The zero-order valence-corrected chi connectivity index (χ0v) is 13.2. The highest BCUT2D eigenvalue weighted by atomic mass is 79.9. The molecular formula is C16H17BrO2. The van der Waals surface area contributed by atoms with Gasteiger partial charge >= 0.3 is 0 Å². The second-order valence-corrected chi connectivity index (χ2v) is 7.19. The number of halogens is 1. The normalized spacial score (nSPS) is 30.6. The van der Waals surface area contributed by atoms with E-state index in [0.29, 0.717) is 4.48 Å². The maximum absolute atomic E-state index is 12.2. The average Bonchev–Trinajstić information content (AvgIpc) is 2.35. The molecule has 1 heterocycles. The fourth-order valence-corrected chi connectivity index (χ4v) is 3.65. The summed E-state index contributed by atoms with van der Waals surface area (Å²) >= 11 is 3.39. The van der Waals surface area contributed by atoms with Gasteiger partial charge in [0.15, 0.2) is 5.78 Å². The molecular weight excluding hydrogens is 304 g/mol. The lowest BCUT2D eigenvalue weighted by molar-refractivity contribution is -0.341. The first-order chi connectivity index (χ1) is 8.73. The minimum atomic E-state index is -0.514. The molecule has 0 N–H and O–H groups in total. The van der Waals surface area contributed by atoms with Gasteiger partial charge in [-0.25, -0.2) is 0 Å². The molecule has 0 amide bonds. The van der Waals surface area contributed by atoms with Gasteiger partial charge in [0.1, 0.15) is 5.60 Å². The average molecular weight is 321 g/mol. The van der Waals surface area contributed by atoms with Gasteiger partial charge in [0.05, 0.1) is 10.1 Å². The predicted molar refractivity (Wildman–Crippen MR) is 78.4 cm³/mol. The maximum Gasteiger partial charge on any atom is 0.200 e. The standard InChI is InChI=1S/C16H17BrO2/c1-14(2)15(3,4)19-16(14)9-12(17)13(18)10-7-5-6-8-11(10)16/h5-9H,1-4H3. The molecule has 1 aromatic rings. The minimum Gasteiger partial charge on any atom is -0.359 e. The summed E-state index contributed by atoms with van der Waals surface area (Å²) in [6.07, 6.45) is 1.93. The highest BCUT2D eigenvalue weighted by Gasteiger charge is 2.67. The summed E-state index contributed by atoms with van der Waals surface area (Å²) in [4.78, 5) is 12.2. The van der Waals surface area contributed by atoms with E-state index in [1.165, 1.54) is 0 Å². The summed E-state index contributed by atoms with van der Waals surface area (Å²) in [7, 11) is 0. The van der Waals surface area contributed by atoms with Crippen LogP contribution < -0.4 is 0 Å². The Morgan fingerprint density at radius 3 is 2.32 bits per heavy atom. The van der Waals surface area contributed by atoms with E-state index in [-0.39, 0.29) is 16.8 Å². The van der Waals surface area contributed by atoms with Gasteiger partial charge in [-0.15, -0.1) is 0 Å². The number of fused-ring (bicyclic) bond motifs is 2. The number of ether oxygens (including phenoxy) is 1. The van der Waals surface area contributed by atoms with Gasteiger partial charge in [-0.05, 0) is 41.4 Å². The maximum atomic E-state index is 12.2. The lowest BCUT2D eigenvalue weighted by atomic mass is 9.55. The van der Waals surface area contributed by atoms with Crippen LogP contribution in [0.2, 0.25) is 0 Å². The highest BCUT2D eigenvalue weighted by molar-refractivity contribution is 9.12. The lowest BCUT2D eigenvalue weighted by Crippen LogP contribution is -2.69. The topological polar surface area (TPSA) is 26.3 Å². The minimum absolute atomic E-state index is 0.0327. The van der Waals surface area contributed by atoms with Crippen LogP contribution in [0.5, 0.6) is 0 Å². The first-order valence-electron chi connectivity index (χ1n) is 6.46. The smallest absolute Gasteiger partial charge is 0.200 e. The van der Waals surface area contributed by atoms with Crippen molar-refractivity contribution in [3.63, 3.8) is 0 Å². The van der Waals surface area contributed by atoms with E-state index in [4.69, 9.17) is 4.74 Å². The Labute approximate surface area is 122 Å². The Hall–Kier alpha value is -0.930. The molecule has 2 aliphatic rings. The quantitative estimate of drug-likeness (QED) is 0.716. The third kappa shape index (κ3) is 1.38. The summed E-state index contributed by atoms with van der Waals surface area (Å²) in [6.45, 7) is 8.58. The Morgan fingerprint density at radius 1 is 1.11 bits per heavy atom. The third-order valence-corrected chi connectivity index (χ3v) is 5.56. The summed E-state index contributed by atoms with van der Waals surface area (Å²) in [5.74, 6) is 0.0327. The van der Waals surface area contributed by atoms with Gasteiger partial charge in [0.25, 0.3) is 0 Å². The molecule has 0 bridgehead atoms. The van der Waals surface area contributed by atoms with Crippen molar-refractivity contribution in [2.75, 3.05) is 0 Å². The molecule has 3 heteroatoms. The van der Waals surface area contributed by atoms with Crippen LogP contribution in [0.4, 0.5) is 0 Å². The summed E-state index contributed by atoms with van der Waals surface area (Å²) in [5, 5.41) is 0. The van der Waals surface area contributed by atoms with Crippen LogP contribution in [-0.2, 0) is 10.3 Å². The summed E-state index contributed by atoms with van der Waals surface area (Å²) < 4.78 is 6.85. The predicted octanol–water partition coefficient (Wildman–Crippen LogP) is 4.19. The number of allylic oxidation sites excluding steroid dienone is 1. The number of hydrogen-bond acceptors (Lipinski definition) is 2. The first-order valence-corrected chi connectivity index (χ1v) is 7.25. The highest BCUT2D eigenvalue weighted by Crippen LogP contribution is 2.64. The second-order valence-electron chi connectivity index (χ2n) is 6.34. The fourth-order valence-electron chi connectivity index (χ4n) is 3.12. The molecule has 0 aromatic heterocycles. The van der Waals surface area contributed by atoms with Crippen LogP contribution in [-0.4, -0.2) is 11.4 Å². The molecule has 0 radical (unpaired) electrons. The largest absolute Gasteiger partial charge is 0.359 e. The summed E-state index contributed by atoms with van der Waals surface area (Å²) in [6, 6.07) is 7.73. The molecule has 2 nitrogen and oxygen atoms in total. The molecule has 1 atom stereocenters. The van der Waals surface area contributed by atoms with Crippen molar-refractivity contribution in [1.82, 2.24) is 0 Å². The number of carbonyl (C=O) groups is 1. The molecule has 1 saturated heterocycles. The van der Waals surface area contributed by atoms with Crippen LogP contribution in [0.1, 0.15) is 43.6 Å². The second kappa shape index (κ2) is 3.58. The first kappa shape index (κ1) is 13.1. The molecule has 1 aliphatic carbocycles. The van der Waals surface area contributed by atoms with Gasteiger partial charge in [-0.3, -0.25) is 4.79 Å². The third-order valence-electron chi connectivity index (χ3n) is 4.97. The molecule has 0 saturated carbocycles. The molecule has 100 valence electrons. The number of rotatable bonds is 0. The van der Waals surface area contributed by atoms with Gasteiger partial charge < -0.3 is 4.74 Å². The zero-order chi connectivity index (χ0) is 14.1. The van der Waals surface area contributed by atoms with E-state index in [1.807, 2.05) is 30.3 Å². The van der Waals surface area contributed by atoms with Crippen LogP contribution in [0.3, 0.4) is 0 Å². The van der Waals surface area contributed by atoms with E-state index < -0.39 is 5.60 Å². The van der Waals surface area contributed by atoms with E-state index >= 15 is 0 Å². The van der Waals surface area contributed by atoms with Crippen LogP contribution in [0.25, 0.3) is 0 Å². The monoisotopic (exact) mass is 320 g/mol. The Morgan fingerprint density at radius 2 is 1.74 bits per heavy atom. The van der Waals surface area contributed by atoms with Gasteiger partial charge in [0, 0.05) is 11.0 Å². The van der Waals surface area contributed by atoms with E-state index in [0.717, 1.165) is 11.1 Å². The van der Waals surface area contributed by atoms with Crippen LogP contribution in [0.15, 0.2) is 34.8 Å². The molecule has 1 aliphatic heterocycles. The van der Waals surface area contributed by atoms with Crippen molar-refractivity contribution >= 4 is 21.7 Å². The molecule has 1 fully saturated rings. The number of ketones is 1. The van der Waals surface area contributed by atoms with Crippen molar-refractivity contribution in [3.8, 4) is 0 Å². The Kier molecular flexibility index (Phi) is 2.47. The van der Waals surface area contributed by atoms with E-state index in [9.17, 15) is 4.79 Å². The molecule has 19 heavy (non-hydrogen) atoms. The van der Waals surface area contributed by atoms with Gasteiger partial charge in [-0.1, -0.05) is 38.1 Å². The Balaban J connectivity index is 2.27. The molecule has 1 spiro atoms. The van der Waals surface area contributed by atoms with Crippen LogP contribution in [0, 0.1) is 5.41 Å². The molecule has 1 aromatic carbocycles. The SMILES string of the molecule is CC1(C)OC2(C=C(Br)C(=O)c3ccccc32)C1(C)C. The van der Waals surface area contributed by atoms with Gasteiger partial charge in [-0.2, -0.15) is 0 Å². The fraction of sp³-hybridized carbons (Fsp3) is 0.438. The van der Waals surface area contributed by atoms with E-state index in [2.05, 4.69) is 43.6 Å². The number of benzene rings is 1. The van der Waals surface area contributed by atoms with Crippen molar-refractivity contribution in [3.05, 3.63) is 46.0 Å².